The van der Waals surface area contributed by atoms with Gasteiger partial charge in [-0.05, 0) is 31.2 Å². The largest absolute Gasteiger partial charge is 0.480 e. The van der Waals surface area contributed by atoms with Gasteiger partial charge in [-0.3, -0.25) is 14.9 Å². The molecule has 0 spiro atoms. The van der Waals surface area contributed by atoms with Crippen LogP contribution in [0.5, 0.6) is 0 Å². The molecule has 3 atom stereocenters. The lowest BCUT2D eigenvalue weighted by Crippen LogP contribution is -2.46. The first-order chi connectivity index (χ1) is 12.3. The van der Waals surface area contributed by atoms with Crippen molar-refractivity contribution in [3.05, 3.63) is 33.9 Å². The Morgan fingerprint density at radius 3 is 2.65 bits per heavy atom. The van der Waals surface area contributed by atoms with Crippen LogP contribution in [0.4, 0.5) is 5.69 Å². The lowest BCUT2D eigenvalue weighted by Gasteiger charge is -2.32. The van der Waals surface area contributed by atoms with Gasteiger partial charge in [0.05, 0.1) is 4.92 Å². The Morgan fingerprint density at radius 1 is 1.35 bits per heavy atom. The summed E-state index contributed by atoms with van der Waals surface area (Å²) in [6.45, 7) is 0. The van der Waals surface area contributed by atoms with Gasteiger partial charge in [-0.25, -0.2) is 8.42 Å². The number of aliphatic carboxylic acids is 1. The van der Waals surface area contributed by atoms with Crippen LogP contribution in [0.25, 0.3) is 0 Å². The number of fused-ring (bicyclic) bond motifs is 1. The molecule has 3 rings (SSSR count). The van der Waals surface area contributed by atoms with Gasteiger partial charge in [-0.1, -0.05) is 18.9 Å². The predicted octanol–water partition coefficient (Wildman–Crippen LogP) is 1.87. The van der Waals surface area contributed by atoms with E-state index in [4.69, 9.17) is 0 Å². The van der Waals surface area contributed by atoms with Gasteiger partial charge >= 0.3 is 5.97 Å². The molecule has 1 aliphatic carbocycles. The van der Waals surface area contributed by atoms with Crippen LogP contribution in [-0.4, -0.2) is 40.8 Å². The third-order valence-corrected chi connectivity index (χ3v) is 7.16. The van der Waals surface area contributed by atoms with Gasteiger partial charge in [0.2, 0.25) is 10.0 Å². The van der Waals surface area contributed by atoms with E-state index in [1.807, 2.05) is 0 Å². The van der Waals surface area contributed by atoms with Gasteiger partial charge < -0.3 is 5.11 Å². The highest BCUT2D eigenvalue weighted by molar-refractivity contribution is 7.89. The fourth-order valence-corrected chi connectivity index (χ4v) is 6.12. The van der Waals surface area contributed by atoms with Crippen LogP contribution in [0.2, 0.25) is 0 Å². The fraction of sp³-hybridized carbons (Fsp3) is 0.500. The van der Waals surface area contributed by atoms with Crippen LogP contribution in [0.3, 0.4) is 0 Å². The number of hydrogen-bond acceptors (Lipinski definition) is 6. The molecule has 1 aromatic rings. The van der Waals surface area contributed by atoms with Gasteiger partial charge in [0.15, 0.2) is 0 Å². The number of hydrogen-bond donors (Lipinski definition) is 1. The molecule has 1 aliphatic heterocycles. The normalized spacial score (nSPS) is 26.0. The first kappa shape index (κ1) is 18.3. The molecular formula is C16H17N3O6S. The Labute approximate surface area is 150 Å². The minimum absolute atomic E-state index is 0.0520. The quantitative estimate of drug-likeness (QED) is 0.621. The fourth-order valence-electron chi connectivity index (χ4n) is 4.09. The van der Waals surface area contributed by atoms with Crippen molar-refractivity contribution in [2.45, 2.75) is 49.1 Å². The maximum Gasteiger partial charge on any atom is 0.322 e. The van der Waals surface area contributed by atoms with Crippen molar-refractivity contribution in [1.29, 1.82) is 5.26 Å². The van der Waals surface area contributed by atoms with Gasteiger partial charge in [0.25, 0.3) is 5.69 Å². The van der Waals surface area contributed by atoms with Crippen LogP contribution in [0.1, 0.15) is 37.7 Å². The van der Waals surface area contributed by atoms with Crippen molar-refractivity contribution in [2.75, 3.05) is 0 Å². The highest BCUT2D eigenvalue weighted by Crippen LogP contribution is 2.43. The number of sulfonamides is 1. The summed E-state index contributed by atoms with van der Waals surface area (Å²) in [6, 6.07) is 3.28. The standard InChI is InChI=1S/C16H17N3O6S/c17-9-11-13(19(22)23)6-3-7-15(11)26(24,25)18-12-5-2-1-4-10(12)8-14(18)16(20)21/h3,6-7,10,12,14H,1-2,4-5,8H2,(H,20,21). The van der Waals surface area contributed by atoms with Crippen molar-refractivity contribution in [1.82, 2.24) is 4.31 Å². The lowest BCUT2D eigenvalue weighted by atomic mass is 9.85. The van der Waals surface area contributed by atoms with Gasteiger partial charge in [-0.2, -0.15) is 9.57 Å². The van der Waals surface area contributed by atoms with Gasteiger partial charge in [0.1, 0.15) is 22.6 Å². The summed E-state index contributed by atoms with van der Waals surface area (Å²) < 4.78 is 27.5. The maximum atomic E-state index is 13.2. The van der Waals surface area contributed by atoms with Crippen LogP contribution < -0.4 is 0 Å². The summed E-state index contributed by atoms with van der Waals surface area (Å²) in [4.78, 5) is 21.5. The summed E-state index contributed by atoms with van der Waals surface area (Å²) in [5.41, 5.74) is -1.18. The summed E-state index contributed by atoms with van der Waals surface area (Å²) in [7, 11) is -4.38. The van der Waals surface area contributed by atoms with E-state index in [9.17, 15) is 33.7 Å². The van der Waals surface area contributed by atoms with Crippen LogP contribution in [-0.2, 0) is 14.8 Å². The number of nitrogens with zero attached hydrogens (tertiary/aromatic N) is 3. The Kier molecular flexibility index (Phi) is 4.68. The average molecular weight is 379 g/mol. The third-order valence-electron chi connectivity index (χ3n) is 5.18. The van der Waals surface area contributed by atoms with Crippen LogP contribution in [0.15, 0.2) is 23.1 Å². The van der Waals surface area contributed by atoms with E-state index in [0.29, 0.717) is 6.42 Å². The number of carboxylic acid groups (broad SMARTS) is 1. The molecular weight excluding hydrogens is 362 g/mol. The monoisotopic (exact) mass is 379 g/mol. The molecule has 138 valence electrons. The zero-order chi connectivity index (χ0) is 19.1. The second kappa shape index (κ2) is 6.66. The van der Waals surface area contributed by atoms with Crippen molar-refractivity contribution >= 4 is 21.7 Å². The van der Waals surface area contributed by atoms with E-state index in [-0.39, 0.29) is 12.3 Å². The number of nitro groups is 1. The molecule has 0 bridgehead atoms. The number of rotatable bonds is 4. The molecule has 1 aromatic carbocycles. The molecule has 0 aromatic heterocycles. The van der Waals surface area contributed by atoms with Crippen LogP contribution in [0, 0.1) is 27.4 Å². The minimum Gasteiger partial charge on any atom is -0.480 e. The first-order valence-corrected chi connectivity index (χ1v) is 9.67. The van der Waals surface area contributed by atoms with Crippen molar-refractivity contribution in [2.24, 2.45) is 5.92 Å². The third kappa shape index (κ3) is 2.83. The molecule has 1 heterocycles. The first-order valence-electron chi connectivity index (χ1n) is 8.23. The minimum atomic E-state index is -4.38. The van der Waals surface area contributed by atoms with Crippen LogP contribution >= 0.6 is 0 Å². The lowest BCUT2D eigenvalue weighted by molar-refractivity contribution is -0.385. The topological polar surface area (TPSA) is 142 Å². The molecule has 0 radical (unpaired) electrons. The molecule has 26 heavy (non-hydrogen) atoms. The SMILES string of the molecule is N#Cc1c([N+](=O)[O-])cccc1S(=O)(=O)N1C(C(=O)O)CC2CCCCC21. The van der Waals surface area contributed by atoms with Gasteiger partial charge in [-0.15, -0.1) is 0 Å². The van der Waals surface area contributed by atoms with Crippen molar-refractivity contribution in [3.8, 4) is 6.07 Å². The summed E-state index contributed by atoms with van der Waals surface area (Å²) >= 11 is 0. The molecule has 2 aliphatic rings. The Hall–Kier alpha value is -2.51. The highest BCUT2D eigenvalue weighted by atomic mass is 32.2. The van der Waals surface area contributed by atoms with E-state index >= 15 is 0 Å². The molecule has 1 saturated carbocycles. The summed E-state index contributed by atoms with van der Waals surface area (Å²) in [5, 5.41) is 30.0. The van der Waals surface area contributed by atoms with E-state index in [1.54, 1.807) is 6.07 Å². The predicted molar refractivity (Wildman–Crippen MR) is 88.6 cm³/mol. The Balaban J connectivity index is 2.15. The van der Waals surface area contributed by atoms with E-state index in [0.717, 1.165) is 35.7 Å². The smallest absolute Gasteiger partial charge is 0.322 e. The second-order valence-electron chi connectivity index (χ2n) is 6.56. The molecule has 10 heteroatoms. The molecule has 1 N–H and O–H groups in total. The van der Waals surface area contributed by atoms with E-state index < -0.39 is 49.1 Å². The van der Waals surface area contributed by atoms with E-state index in [2.05, 4.69) is 0 Å². The highest BCUT2D eigenvalue weighted by Gasteiger charge is 2.51. The zero-order valence-corrected chi connectivity index (χ0v) is 14.6. The number of carboxylic acids is 1. The molecule has 1 saturated heterocycles. The van der Waals surface area contributed by atoms with E-state index in [1.165, 1.54) is 6.07 Å². The van der Waals surface area contributed by atoms with Crippen molar-refractivity contribution < 1.29 is 23.2 Å². The number of benzene rings is 1. The molecule has 3 unspecified atom stereocenters. The molecule has 2 fully saturated rings. The Bertz CT molecular complexity index is 907. The van der Waals surface area contributed by atoms with Gasteiger partial charge in [0, 0.05) is 12.1 Å². The summed E-state index contributed by atoms with van der Waals surface area (Å²) in [5.74, 6) is -1.30. The maximum absolute atomic E-state index is 13.2. The second-order valence-corrected chi connectivity index (χ2v) is 8.37. The Morgan fingerprint density at radius 2 is 2.04 bits per heavy atom. The van der Waals surface area contributed by atoms with Crippen molar-refractivity contribution in [3.63, 3.8) is 0 Å². The number of nitro benzene ring substituents is 1. The summed E-state index contributed by atoms with van der Waals surface area (Å²) in [6.07, 6.45) is 3.22. The zero-order valence-electron chi connectivity index (χ0n) is 13.7. The average Bonchev–Trinajstić information content (AvgIpc) is 3.01. The number of nitriles is 1. The molecule has 0 amide bonds. The number of carbonyl (C=O) groups is 1. The molecule has 9 nitrogen and oxygen atoms in total.